The van der Waals surface area contributed by atoms with Crippen molar-refractivity contribution in [1.82, 2.24) is 15.2 Å². The lowest BCUT2D eigenvalue weighted by atomic mass is 10.1. The number of nitrogens with one attached hydrogen (secondary N) is 2. The normalized spacial score (nSPS) is 11.9. The highest BCUT2D eigenvalue weighted by atomic mass is 16.5. The maximum absolute atomic E-state index is 12.4. The minimum atomic E-state index is -0.651. The second-order valence-electron chi connectivity index (χ2n) is 5.34. The molecule has 0 fully saturated rings. The molecule has 2 aromatic carbocycles. The first kappa shape index (κ1) is 15.9. The fraction of sp³-hybridized carbons (Fsp3) is 0.167. The highest BCUT2D eigenvalue weighted by Crippen LogP contribution is 2.21. The van der Waals surface area contributed by atoms with Crippen molar-refractivity contribution in [2.24, 2.45) is 0 Å². The zero-order valence-electron chi connectivity index (χ0n) is 13.5. The molecular formula is C18H18N4O2. The molecule has 0 saturated heterocycles. The van der Waals surface area contributed by atoms with E-state index in [2.05, 4.69) is 20.5 Å². The number of rotatable bonds is 5. The summed E-state index contributed by atoms with van der Waals surface area (Å²) in [6, 6.07) is 16.7. The average molecular weight is 322 g/mol. The summed E-state index contributed by atoms with van der Waals surface area (Å²) in [6.45, 7) is 1.85. The van der Waals surface area contributed by atoms with E-state index in [0.29, 0.717) is 11.5 Å². The number of hydrogen-bond acceptors (Lipinski definition) is 4. The Hall–Kier alpha value is -2.99. The first-order valence-electron chi connectivity index (χ1n) is 7.55. The Labute approximate surface area is 139 Å². The number of carbonyl (C=O) groups excluding carboxylic acids is 1. The van der Waals surface area contributed by atoms with Crippen LogP contribution in [0.5, 0.6) is 0 Å². The predicted molar refractivity (Wildman–Crippen MR) is 91.4 cm³/mol. The summed E-state index contributed by atoms with van der Waals surface area (Å²) in [5.41, 5.74) is 2.38. The van der Waals surface area contributed by atoms with Crippen LogP contribution < -0.4 is 5.32 Å². The van der Waals surface area contributed by atoms with E-state index >= 15 is 0 Å². The average Bonchev–Trinajstić information content (AvgIpc) is 3.04. The van der Waals surface area contributed by atoms with Gasteiger partial charge in [0.15, 0.2) is 11.9 Å². The minimum Gasteiger partial charge on any atom is -0.367 e. The molecule has 6 heteroatoms. The maximum Gasteiger partial charge on any atom is 0.258 e. The van der Waals surface area contributed by atoms with E-state index < -0.39 is 6.10 Å². The Morgan fingerprint density at radius 3 is 2.42 bits per heavy atom. The van der Waals surface area contributed by atoms with E-state index in [1.165, 1.54) is 7.11 Å². The molecule has 0 radical (unpaired) electrons. The van der Waals surface area contributed by atoms with Gasteiger partial charge in [-0.15, -0.1) is 0 Å². The van der Waals surface area contributed by atoms with Crippen LogP contribution in [0.15, 0.2) is 54.6 Å². The predicted octanol–water partition coefficient (Wildman–Crippen LogP) is 3.11. The standard InChI is InChI=1S/C18H18N4O2/c1-12-19-17(22-21-12)14-8-10-15(11-9-14)20-18(23)16(24-2)13-6-4-3-5-7-13/h3-11,16H,1-2H3,(H,20,23)(H,19,21,22)/t16-/m1/s1. The lowest BCUT2D eigenvalue weighted by molar-refractivity contribution is -0.126. The maximum atomic E-state index is 12.4. The van der Waals surface area contributed by atoms with Crippen LogP contribution in [0.2, 0.25) is 0 Å². The van der Waals surface area contributed by atoms with Crippen molar-refractivity contribution in [2.45, 2.75) is 13.0 Å². The molecule has 6 nitrogen and oxygen atoms in total. The van der Waals surface area contributed by atoms with E-state index in [9.17, 15) is 4.79 Å². The van der Waals surface area contributed by atoms with Gasteiger partial charge in [0, 0.05) is 18.4 Å². The van der Waals surface area contributed by atoms with Crippen LogP contribution in [-0.4, -0.2) is 28.2 Å². The lowest BCUT2D eigenvalue weighted by Gasteiger charge is -2.15. The van der Waals surface area contributed by atoms with E-state index in [4.69, 9.17) is 4.74 Å². The Balaban J connectivity index is 1.72. The molecule has 122 valence electrons. The molecule has 0 saturated carbocycles. The SMILES string of the molecule is CO[C@@H](C(=O)Nc1ccc(-c2n[nH]c(C)n2)cc1)c1ccccc1. The van der Waals surface area contributed by atoms with Crippen LogP contribution in [0.3, 0.4) is 0 Å². The molecular weight excluding hydrogens is 304 g/mol. The number of amides is 1. The summed E-state index contributed by atoms with van der Waals surface area (Å²) in [7, 11) is 1.52. The molecule has 3 rings (SSSR count). The van der Waals surface area contributed by atoms with E-state index in [-0.39, 0.29) is 5.91 Å². The second kappa shape index (κ2) is 7.06. The van der Waals surface area contributed by atoms with Crippen LogP contribution in [0, 0.1) is 6.92 Å². The van der Waals surface area contributed by atoms with Crippen molar-refractivity contribution in [3.8, 4) is 11.4 Å². The van der Waals surface area contributed by atoms with Crippen LogP contribution in [-0.2, 0) is 9.53 Å². The van der Waals surface area contributed by atoms with Crippen LogP contribution in [0.1, 0.15) is 17.5 Å². The third-order valence-electron chi connectivity index (χ3n) is 3.58. The first-order valence-corrected chi connectivity index (χ1v) is 7.55. The Bertz CT molecular complexity index is 813. The largest absolute Gasteiger partial charge is 0.367 e. The van der Waals surface area contributed by atoms with Crippen molar-refractivity contribution in [3.05, 3.63) is 66.0 Å². The Morgan fingerprint density at radius 1 is 1.12 bits per heavy atom. The van der Waals surface area contributed by atoms with Crippen molar-refractivity contribution in [2.75, 3.05) is 12.4 Å². The Kier molecular flexibility index (Phi) is 4.67. The summed E-state index contributed by atoms with van der Waals surface area (Å²) in [6.07, 6.45) is -0.651. The van der Waals surface area contributed by atoms with Gasteiger partial charge in [-0.2, -0.15) is 5.10 Å². The molecule has 2 N–H and O–H groups in total. The fourth-order valence-corrected chi connectivity index (χ4v) is 2.40. The lowest BCUT2D eigenvalue weighted by Crippen LogP contribution is -2.22. The Morgan fingerprint density at radius 2 is 1.83 bits per heavy atom. The van der Waals surface area contributed by atoms with Crippen LogP contribution in [0.25, 0.3) is 11.4 Å². The van der Waals surface area contributed by atoms with Gasteiger partial charge in [-0.25, -0.2) is 4.98 Å². The molecule has 0 unspecified atom stereocenters. The van der Waals surface area contributed by atoms with Gasteiger partial charge < -0.3 is 10.1 Å². The van der Waals surface area contributed by atoms with Gasteiger partial charge in [-0.3, -0.25) is 9.89 Å². The topological polar surface area (TPSA) is 79.9 Å². The molecule has 24 heavy (non-hydrogen) atoms. The van der Waals surface area contributed by atoms with Crippen molar-refractivity contribution >= 4 is 11.6 Å². The molecule has 0 bridgehead atoms. The number of nitrogens with zero attached hydrogens (tertiary/aromatic N) is 2. The number of hydrogen-bond donors (Lipinski definition) is 2. The van der Waals surface area contributed by atoms with Gasteiger partial charge in [-0.05, 0) is 36.8 Å². The van der Waals surface area contributed by atoms with Gasteiger partial charge in [0.1, 0.15) is 5.82 Å². The van der Waals surface area contributed by atoms with Crippen molar-refractivity contribution < 1.29 is 9.53 Å². The minimum absolute atomic E-state index is 0.217. The molecule has 0 aliphatic rings. The molecule has 1 heterocycles. The summed E-state index contributed by atoms with van der Waals surface area (Å²) in [4.78, 5) is 16.7. The number of methoxy groups -OCH3 is 1. The van der Waals surface area contributed by atoms with E-state index in [1.807, 2.05) is 61.5 Å². The van der Waals surface area contributed by atoms with Gasteiger partial charge in [0.05, 0.1) is 0 Å². The monoisotopic (exact) mass is 322 g/mol. The highest BCUT2D eigenvalue weighted by Gasteiger charge is 2.19. The summed E-state index contributed by atoms with van der Waals surface area (Å²) < 4.78 is 5.33. The second-order valence-corrected chi connectivity index (χ2v) is 5.34. The third-order valence-corrected chi connectivity index (χ3v) is 3.58. The quantitative estimate of drug-likeness (QED) is 0.756. The van der Waals surface area contributed by atoms with E-state index in [1.54, 1.807) is 0 Å². The number of anilines is 1. The molecule has 3 aromatic rings. The highest BCUT2D eigenvalue weighted by molar-refractivity contribution is 5.95. The number of aromatic amines is 1. The van der Waals surface area contributed by atoms with E-state index in [0.717, 1.165) is 17.0 Å². The fourth-order valence-electron chi connectivity index (χ4n) is 2.40. The van der Waals surface area contributed by atoms with Gasteiger partial charge in [0.25, 0.3) is 5.91 Å². The molecule has 1 amide bonds. The first-order chi connectivity index (χ1) is 11.7. The molecule has 1 atom stereocenters. The number of ether oxygens (including phenoxy) is 1. The molecule has 0 aliphatic carbocycles. The number of benzene rings is 2. The molecule has 0 spiro atoms. The summed E-state index contributed by atoms with van der Waals surface area (Å²) in [5, 5.41) is 9.78. The van der Waals surface area contributed by atoms with Gasteiger partial charge in [0.2, 0.25) is 0 Å². The molecule has 0 aliphatic heterocycles. The number of carbonyl (C=O) groups is 1. The zero-order chi connectivity index (χ0) is 16.9. The number of H-pyrrole nitrogens is 1. The van der Waals surface area contributed by atoms with Gasteiger partial charge in [-0.1, -0.05) is 30.3 Å². The van der Waals surface area contributed by atoms with Crippen LogP contribution in [0.4, 0.5) is 5.69 Å². The van der Waals surface area contributed by atoms with Crippen molar-refractivity contribution in [1.29, 1.82) is 0 Å². The third kappa shape index (κ3) is 3.49. The van der Waals surface area contributed by atoms with Crippen LogP contribution >= 0.6 is 0 Å². The zero-order valence-corrected chi connectivity index (χ0v) is 13.5. The summed E-state index contributed by atoms with van der Waals surface area (Å²) in [5.74, 6) is 1.17. The molecule has 1 aromatic heterocycles. The van der Waals surface area contributed by atoms with Gasteiger partial charge >= 0.3 is 0 Å². The number of aromatic nitrogens is 3. The van der Waals surface area contributed by atoms with Crippen molar-refractivity contribution in [3.63, 3.8) is 0 Å². The summed E-state index contributed by atoms with van der Waals surface area (Å²) >= 11 is 0. The number of aryl methyl sites for hydroxylation is 1. The smallest absolute Gasteiger partial charge is 0.258 e.